The maximum Gasteiger partial charge on any atom is 0.408 e. The van der Waals surface area contributed by atoms with E-state index >= 15 is 0 Å². The highest BCUT2D eigenvalue weighted by Gasteiger charge is 2.49. The van der Waals surface area contributed by atoms with Gasteiger partial charge in [0.1, 0.15) is 10.6 Å². The standard InChI is InChI=1S/C40H46ClN3O3S/c1-25-21-31(37(42)48-34-15-10-11-26(2)35(34)41)33(23-29-13-8-9-20-46-29)43-32(22-25)27-16-18-40(19-17-27)24-28-12-6-7-14-30(28)36(40)44-38(45)47-39(3,4)5/h6-7,10-12,14-15,21-23,27,36,42H,1,8-9,13,16-20,24H2,2-5H3,(H,44,45)/b29-23+,42-37?. The Hall–Kier alpha value is -3.55. The van der Waals surface area contributed by atoms with Gasteiger partial charge in [0, 0.05) is 34.6 Å². The van der Waals surface area contributed by atoms with Crippen LogP contribution in [0, 0.1) is 23.7 Å². The summed E-state index contributed by atoms with van der Waals surface area (Å²) < 4.78 is 11.8. The molecule has 2 aliphatic carbocycles. The molecule has 2 aliphatic heterocycles. The lowest BCUT2D eigenvalue weighted by Gasteiger charge is -2.42. The zero-order valence-electron chi connectivity index (χ0n) is 28.5. The number of alkyl carbamates (subject to hydrolysis) is 1. The summed E-state index contributed by atoms with van der Waals surface area (Å²) in [6, 6.07) is 14.3. The van der Waals surface area contributed by atoms with Crippen LogP contribution in [-0.2, 0) is 15.9 Å². The summed E-state index contributed by atoms with van der Waals surface area (Å²) in [6.45, 7) is 12.7. The van der Waals surface area contributed by atoms with E-state index in [1.54, 1.807) is 0 Å². The van der Waals surface area contributed by atoms with E-state index in [2.05, 4.69) is 42.2 Å². The number of hydrogen-bond acceptors (Lipinski definition) is 6. The Morgan fingerprint density at radius 1 is 1.15 bits per heavy atom. The molecule has 6 nitrogen and oxygen atoms in total. The number of rotatable bonds is 5. The van der Waals surface area contributed by atoms with Gasteiger partial charge in [-0.1, -0.05) is 66.3 Å². The highest BCUT2D eigenvalue weighted by atomic mass is 35.5. The van der Waals surface area contributed by atoms with E-state index in [1.807, 2.05) is 58.0 Å². The lowest BCUT2D eigenvalue weighted by atomic mass is 9.66. The quantitative estimate of drug-likeness (QED) is 0.187. The van der Waals surface area contributed by atoms with E-state index in [0.717, 1.165) is 90.1 Å². The van der Waals surface area contributed by atoms with Gasteiger partial charge in [-0.25, -0.2) is 4.79 Å². The molecular weight excluding hydrogens is 638 g/mol. The first-order valence-corrected chi connectivity index (χ1v) is 18.2. The van der Waals surface area contributed by atoms with Crippen molar-refractivity contribution in [1.29, 1.82) is 5.41 Å². The fourth-order valence-electron chi connectivity index (χ4n) is 7.43. The Kier molecular flexibility index (Phi) is 10.1. The van der Waals surface area contributed by atoms with Crippen molar-refractivity contribution in [2.45, 2.75) is 95.6 Å². The fourth-order valence-corrected chi connectivity index (χ4v) is 8.56. The molecule has 4 aliphatic rings. The molecular formula is C40H46ClN3O3S. The first-order valence-electron chi connectivity index (χ1n) is 17.0. The second kappa shape index (κ2) is 14.1. The maximum atomic E-state index is 13.1. The topological polar surface area (TPSA) is 83.8 Å². The molecule has 1 amide bonds. The summed E-state index contributed by atoms with van der Waals surface area (Å²) in [7, 11) is 0. The Morgan fingerprint density at radius 3 is 2.65 bits per heavy atom. The number of aryl methyl sites for hydroxylation is 1. The predicted molar refractivity (Wildman–Crippen MR) is 197 cm³/mol. The first kappa shape index (κ1) is 34.3. The van der Waals surface area contributed by atoms with E-state index in [0.29, 0.717) is 16.7 Å². The van der Waals surface area contributed by atoms with Crippen molar-refractivity contribution in [2.24, 2.45) is 16.3 Å². The molecule has 2 aromatic rings. The third-order valence-electron chi connectivity index (χ3n) is 9.79. The number of allylic oxidation sites excluding steroid dienone is 6. The van der Waals surface area contributed by atoms with Gasteiger partial charge >= 0.3 is 6.09 Å². The summed E-state index contributed by atoms with van der Waals surface area (Å²) in [5.74, 6) is 1.13. The van der Waals surface area contributed by atoms with Gasteiger partial charge in [0.05, 0.1) is 29.1 Å². The van der Waals surface area contributed by atoms with E-state index in [9.17, 15) is 10.2 Å². The van der Waals surface area contributed by atoms with Crippen molar-refractivity contribution < 1.29 is 14.3 Å². The van der Waals surface area contributed by atoms with Crippen LogP contribution in [0.5, 0.6) is 0 Å². The molecule has 0 bridgehead atoms. The van der Waals surface area contributed by atoms with Gasteiger partial charge in [0.15, 0.2) is 0 Å². The molecule has 0 radical (unpaired) electrons. The summed E-state index contributed by atoms with van der Waals surface area (Å²) >= 11 is 7.99. The molecule has 2 aromatic carbocycles. The SMILES string of the molecule is C=C1C=C(C(=N)Sc2cccc(C)c2Cl)C(/C=C2\CCCCO2)=NC(C2CCC3(CC2)Cc2ccccc2C3NC(=O)OC(C)(C)C)=C1. The van der Waals surface area contributed by atoms with Crippen molar-refractivity contribution in [3.8, 4) is 0 Å². The van der Waals surface area contributed by atoms with Crippen LogP contribution in [-0.4, -0.2) is 29.1 Å². The van der Waals surface area contributed by atoms with Crippen LogP contribution in [0.1, 0.15) is 88.4 Å². The van der Waals surface area contributed by atoms with Crippen molar-refractivity contribution in [1.82, 2.24) is 5.32 Å². The van der Waals surface area contributed by atoms with E-state index in [-0.39, 0.29) is 23.5 Å². The summed E-state index contributed by atoms with van der Waals surface area (Å²) in [5, 5.41) is 13.5. The molecule has 252 valence electrons. The van der Waals surface area contributed by atoms with Crippen LogP contribution in [0.3, 0.4) is 0 Å². The summed E-state index contributed by atoms with van der Waals surface area (Å²) in [5.41, 5.74) is 6.09. The molecule has 1 atom stereocenters. The number of aliphatic imine (C=N–C) groups is 1. The van der Waals surface area contributed by atoms with Crippen molar-refractivity contribution in [2.75, 3.05) is 6.61 Å². The van der Waals surface area contributed by atoms with Gasteiger partial charge in [-0.15, -0.1) is 0 Å². The number of amides is 1. The zero-order chi connectivity index (χ0) is 34.1. The number of halogens is 1. The summed E-state index contributed by atoms with van der Waals surface area (Å²) in [6.07, 6.45) is 13.4. The van der Waals surface area contributed by atoms with Crippen molar-refractivity contribution >= 4 is 40.2 Å². The maximum absolute atomic E-state index is 13.1. The highest BCUT2D eigenvalue weighted by Crippen LogP contribution is 2.56. The van der Waals surface area contributed by atoms with E-state index in [1.165, 1.54) is 22.9 Å². The molecule has 2 heterocycles. The largest absolute Gasteiger partial charge is 0.498 e. The molecule has 48 heavy (non-hydrogen) atoms. The molecule has 1 saturated heterocycles. The average molecular weight is 684 g/mol. The van der Waals surface area contributed by atoms with Gasteiger partial charge in [-0.05, 0) is 119 Å². The number of benzene rings is 2. The Labute approximate surface area is 294 Å². The predicted octanol–water partition coefficient (Wildman–Crippen LogP) is 10.6. The smallest absolute Gasteiger partial charge is 0.408 e. The number of nitrogens with one attached hydrogen (secondary N) is 2. The number of hydrogen-bond donors (Lipinski definition) is 2. The average Bonchev–Trinajstić information content (AvgIpc) is 3.21. The monoisotopic (exact) mass is 683 g/mol. The molecule has 1 spiro atoms. The lowest BCUT2D eigenvalue weighted by molar-refractivity contribution is 0.0399. The Balaban J connectivity index is 1.26. The molecule has 2 N–H and O–H groups in total. The van der Waals surface area contributed by atoms with Gasteiger partial charge < -0.3 is 14.8 Å². The second-order valence-electron chi connectivity index (χ2n) is 14.5. The Morgan fingerprint density at radius 2 is 1.92 bits per heavy atom. The molecule has 2 fully saturated rings. The number of thioether (sulfide) groups is 1. The van der Waals surface area contributed by atoms with Crippen molar-refractivity contribution in [3.05, 3.63) is 112 Å². The third-order valence-corrected chi connectivity index (χ3v) is 11.4. The third kappa shape index (κ3) is 7.68. The first-order chi connectivity index (χ1) is 22.9. The van der Waals surface area contributed by atoms with Gasteiger partial charge in [0.2, 0.25) is 0 Å². The molecule has 1 saturated carbocycles. The number of nitrogens with zero attached hydrogens (tertiary/aromatic N) is 1. The summed E-state index contributed by atoms with van der Waals surface area (Å²) in [4.78, 5) is 19.2. The van der Waals surface area contributed by atoms with Crippen LogP contribution < -0.4 is 5.32 Å². The van der Waals surface area contributed by atoms with Crippen LogP contribution in [0.25, 0.3) is 0 Å². The van der Waals surface area contributed by atoms with Crippen LogP contribution in [0.15, 0.2) is 99.8 Å². The minimum absolute atomic E-state index is 0.0842. The molecule has 6 rings (SSSR count). The Bertz CT molecular complexity index is 1730. The fraction of sp³-hybridized carbons (Fsp3) is 0.425. The number of carbonyl (C=O) groups excluding carboxylic acids is 1. The normalized spacial score (nSPS) is 25.0. The van der Waals surface area contributed by atoms with Crippen LogP contribution in [0.2, 0.25) is 5.02 Å². The molecule has 8 heteroatoms. The van der Waals surface area contributed by atoms with Crippen LogP contribution >= 0.6 is 23.4 Å². The zero-order valence-corrected chi connectivity index (χ0v) is 30.0. The second-order valence-corrected chi connectivity index (χ2v) is 16.0. The van der Waals surface area contributed by atoms with Gasteiger partial charge in [-0.2, -0.15) is 0 Å². The molecule has 0 aromatic heterocycles. The van der Waals surface area contributed by atoms with Gasteiger partial charge in [0.25, 0.3) is 0 Å². The number of ether oxygens (including phenoxy) is 2. The number of fused-ring (bicyclic) bond motifs is 1. The van der Waals surface area contributed by atoms with Crippen molar-refractivity contribution in [3.63, 3.8) is 0 Å². The highest BCUT2D eigenvalue weighted by molar-refractivity contribution is 8.14. The molecule has 1 unspecified atom stereocenters. The minimum atomic E-state index is -0.566. The van der Waals surface area contributed by atoms with Gasteiger partial charge in [-0.3, -0.25) is 10.4 Å². The van der Waals surface area contributed by atoms with E-state index < -0.39 is 5.60 Å². The minimum Gasteiger partial charge on any atom is -0.498 e. The number of carbonyl (C=O) groups is 1. The van der Waals surface area contributed by atoms with E-state index in [4.69, 9.17) is 26.1 Å². The van der Waals surface area contributed by atoms with Crippen LogP contribution in [0.4, 0.5) is 4.79 Å². The lowest BCUT2D eigenvalue weighted by Crippen LogP contribution is -2.43.